The minimum absolute atomic E-state index is 0.0685. The first kappa shape index (κ1) is 18.1. The zero-order valence-electron chi connectivity index (χ0n) is 13.0. The predicted octanol–water partition coefficient (Wildman–Crippen LogP) is 2.54. The van der Waals surface area contributed by atoms with Crippen molar-refractivity contribution < 1.29 is 12.8 Å². The second kappa shape index (κ2) is 8.46. The summed E-state index contributed by atoms with van der Waals surface area (Å²) in [6.07, 6.45) is 1.58. The van der Waals surface area contributed by atoms with Crippen LogP contribution in [0.15, 0.2) is 24.3 Å². The lowest BCUT2D eigenvalue weighted by Gasteiger charge is -2.25. The molecule has 0 amide bonds. The maximum Gasteiger partial charge on any atom is 0.214 e. The Morgan fingerprint density at radius 2 is 1.95 bits per heavy atom. The molecule has 0 radical (unpaired) electrons. The molecule has 1 N–H and O–H groups in total. The van der Waals surface area contributed by atoms with Crippen molar-refractivity contribution in [3.63, 3.8) is 0 Å². The van der Waals surface area contributed by atoms with Gasteiger partial charge in [-0.15, -0.1) is 0 Å². The number of rotatable bonds is 9. The molecule has 1 aromatic rings. The van der Waals surface area contributed by atoms with E-state index < -0.39 is 16.1 Å². The van der Waals surface area contributed by atoms with Crippen LogP contribution in [0, 0.1) is 5.82 Å². The molecule has 1 aromatic carbocycles. The molecular formula is C15H25FN2O2S. The Labute approximate surface area is 127 Å². The molecule has 1 atom stereocenters. The third-order valence-electron chi connectivity index (χ3n) is 3.52. The van der Waals surface area contributed by atoms with E-state index in [2.05, 4.69) is 12.2 Å². The number of sulfonamides is 1. The van der Waals surface area contributed by atoms with Crippen molar-refractivity contribution in [3.8, 4) is 0 Å². The number of benzene rings is 1. The maximum atomic E-state index is 13.7. The fourth-order valence-electron chi connectivity index (χ4n) is 2.08. The van der Waals surface area contributed by atoms with Crippen molar-refractivity contribution in [2.24, 2.45) is 0 Å². The minimum Gasteiger partial charge on any atom is -0.317 e. The normalized spacial score (nSPS) is 13.6. The van der Waals surface area contributed by atoms with Crippen LogP contribution < -0.4 is 5.32 Å². The van der Waals surface area contributed by atoms with Crippen LogP contribution in [0.4, 0.5) is 4.39 Å². The third-order valence-corrected chi connectivity index (χ3v) is 5.52. The standard InChI is InChI=1S/C15H25FN2O2S/c1-4-10-17-11-7-12-21(19,20)18(3)13(2)14-8-5-6-9-15(14)16/h5-6,8-9,13,17H,4,7,10-12H2,1-3H3. The molecule has 0 aromatic heterocycles. The van der Waals surface area contributed by atoms with Crippen LogP contribution in [0.5, 0.6) is 0 Å². The van der Waals surface area contributed by atoms with Crippen LogP contribution in [-0.4, -0.2) is 38.6 Å². The summed E-state index contributed by atoms with van der Waals surface area (Å²) in [5, 5.41) is 3.17. The molecule has 0 aliphatic carbocycles. The SMILES string of the molecule is CCCNCCCS(=O)(=O)N(C)C(C)c1ccccc1F. The van der Waals surface area contributed by atoms with Crippen molar-refractivity contribution in [2.75, 3.05) is 25.9 Å². The quantitative estimate of drug-likeness (QED) is 0.712. The fourth-order valence-corrected chi connectivity index (χ4v) is 3.47. The van der Waals surface area contributed by atoms with Crippen LogP contribution in [0.25, 0.3) is 0 Å². The smallest absolute Gasteiger partial charge is 0.214 e. The predicted molar refractivity (Wildman–Crippen MR) is 84.1 cm³/mol. The van der Waals surface area contributed by atoms with E-state index in [4.69, 9.17) is 0 Å². The first-order chi connectivity index (χ1) is 9.90. The number of nitrogens with one attached hydrogen (secondary N) is 1. The molecule has 0 aliphatic heterocycles. The lowest BCUT2D eigenvalue weighted by molar-refractivity contribution is 0.386. The Morgan fingerprint density at radius 3 is 2.57 bits per heavy atom. The monoisotopic (exact) mass is 316 g/mol. The van der Waals surface area contributed by atoms with Gasteiger partial charge in [0, 0.05) is 18.7 Å². The Bertz CT molecular complexity index is 534. The van der Waals surface area contributed by atoms with Gasteiger partial charge >= 0.3 is 0 Å². The van der Waals surface area contributed by atoms with Gasteiger partial charge in [-0.2, -0.15) is 4.31 Å². The second-order valence-corrected chi connectivity index (χ2v) is 7.28. The largest absolute Gasteiger partial charge is 0.317 e. The first-order valence-corrected chi connectivity index (χ1v) is 8.92. The lowest BCUT2D eigenvalue weighted by atomic mass is 10.1. The van der Waals surface area contributed by atoms with Gasteiger partial charge in [-0.05, 0) is 38.9 Å². The van der Waals surface area contributed by atoms with Gasteiger partial charge in [0.2, 0.25) is 10.0 Å². The lowest BCUT2D eigenvalue weighted by Crippen LogP contribution is -2.33. The number of hydrogen-bond acceptors (Lipinski definition) is 3. The molecule has 0 saturated carbocycles. The Hall–Kier alpha value is -0.980. The molecule has 0 fully saturated rings. The van der Waals surface area contributed by atoms with E-state index in [-0.39, 0.29) is 11.6 Å². The van der Waals surface area contributed by atoms with E-state index in [9.17, 15) is 12.8 Å². The minimum atomic E-state index is -3.38. The topological polar surface area (TPSA) is 49.4 Å². The summed E-state index contributed by atoms with van der Waals surface area (Å²) in [5.41, 5.74) is 0.396. The zero-order valence-corrected chi connectivity index (χ0v) is 13.8. The van der Waals surface area contributed by atoms with Gasteiger partial charge in [0.1, 0.15) is 5.82 Å². The van der Waals surface area contributed by atoms with E-state index in [0.717, 1.165) is 13.0 Å². The molecular weight excluding hydrogens is 291 g/mol. The van der Waals surface area contributed by atoms with Gasteiger partial charge in [0.25, 0.3) is 0 Å². The van der Waals surface area contributed by atoms with Gasteiger partial charge < -0.3 is 5.32 Å². The molecule has 1 rings (SSSR count). The summed E-state index contributed by atoms with van der Waals surface area (Å²) in [6.45, 7) is 5.33. The van der Waals surface area contributed by atoms with Gasteiger partial charge in [-0.25, -0.2) is 12.8 Å². The van der Waals surface area contributed by atoms with E-state index in [0.29, 0.717) is 18.5 Å². The van der Waals surface area contributed by atoms with Crippen LogP contribution in [0.2, 0.25) is 0 Å². The van der Waals surface area contributed by atoms with Gasteiger partial charge in [0.15, 0.2) is 0 Å². The van der Waals surface area contributed by atoms with Crippen LogP contribution in [0.3, 0.4) is 0 Å². The first-order valence-electron chi connectivity index (χ1n) is 7.31. The van der Waals surface area contributed by atoms with Crippen molar-refractivity contribution in [1.82, 2.24) is 9.62 Å². The zero-order chi connectivity index (χ0) is 15.9. The van der Waals surface area contributed by atoms with Crippen LogP contribution >= 0.6 is 0 Å². The molecule has 0 heterocycles. The van der Waals surface area contributed by atoms with Gasteiger partial charge in [-0.3, -0.25) is 0 Å². The number of hydrogen-bond donors (Lipinski definition) is 1. The molecule has 0 aliphatic rings. The molecule has 1 unspecified atom stereocenters. The van der Waals surface area contributed by atoms with E-state index in [1.54, 1.807) is 25.1 Å². The third kappa shape index (κ3) is 5.37. The summed E-state index contributed by atoms with van der Waals surface area (Å²) in [6, 6.07) is 5.76. The summed E-state index contributed by atoms with van der Waals surface area (Å²) in [7, 11) is -1.88. The van der Waals surface area contributed by atoms with Crippen LogP contribution in [-0.2, 0) is 10.0 Å². The van der Waals surface area contributed by atoms with Crippen LogP contribution in [0.1, 0.15) is 38.3 Å². The van der Waals surface area contributed by atoms with Crippen molar-refractivity contribution in [3.05, 3.63) is 35.6 Å². The summed E-state index contributed by atoms with van der Waals surface area (Å²) in [4.78, 5) is 0. The van der Waals surface area contributed by atoms with Gasteiger partial charge in [0.05, 0.1) is 5.75 Å². The highest BCUT2D eigenvalue weighted by molar-refractivity contribution is 7.89. The summed E-state index contributed by atoms with van der Waals surface area (Å²) < 4.78 is 39.5. The van der Waals surface area contributed by atoms with E-state index >= 15 is 0 Å². The number of halogens is 1. The maximum absolute atomic E-state index is 13.7. The highest BCUT2D eigenvalue weighted by Gasteiger charge is 2.25. The summed E-state index contributed by atoms with van der Waals surface area (Å²) in [5.74, 6) is -0.310. The summed E-state index contributed by atoms with van der Waals surface area (Å²) >= 11 is 0. The average Bonchev–Trinajstić information content (AvgIpc) is 2.46. The highest BCUT2D eigenvalue weighted by Crippen LogP contribution is 2.24. The van der Waals surface area contributed by atoms with Crippen molar-refractivity contribution >= 4 is 10.0 Å². The van der Waals surface area contributed by atoms with Gasteiger partial charge in [-0.1, -0.05) is 25.1 Å². The second-order valence-electron chi connectivity index (χ2n) is 5.13. The highest BCUT2D eigenvalue weighted by atomic mass is 32.2. The average molecular weight is 316 g/mol. The Kier molecular flexibility index (Phi) is 7.28. The molecule has 21 heavy (non-hydrogen) atoms. The molecule has 0 saturated heterocycles. The molecule has 6 heteroatoms. The van der Waals surface area contributed by atoms with Crippen molar-refractivity contribution in [2.45, 2.75) is 32.7 Å². The Balaban J connectivity index is 2.64. The molecule has 120 valence electrons. The van der Waals surface area contributed by atoms with E-state index in [1.165, 1.54) is 17.4 Å². The molecule has 0 spiro atoms. The fraction of sp³-hybridized carbons (Fsp3) is 0.600. The molecule has 4 nitrogen and oxygen atoms in total. The molecule has 0 bridgehead atoms. The number of nitrogens with zero attached hydrogens (tertiary/aromatic N) is 1. The Morgan fingerprint density at radius 1 is 1.29 bits per heavy atom. The van der Waals surface area contributed by atoms with Crippen molar-refractivity contribution in [1.29, 1.82) is 0 Å². The van der Waals surface area contributed by atoms with E-state index in [1.807, 2.05) is 0 Å².